The average molecular weight is 660 g/mol. The van der Waals surface area contributed by atoms with Gasteiger partial charge in [0.05, 0.1) is 30.1 Å². The van der Waals surface area contributed by atoms with Crippen molar-refractivity contribution in [1.29, 1.82) is 0 Å². The summed E-state index contributed by atoms with van der Waals surface area (Å²) in [5.41, 5.74) is 1.39. The molecule has 244 valence electrons. The lowest BCUT2D eigenvalue weighted by Gasteiger charge is -2.53. The third kappa shape index (κ3) is 5.07. The molecule has 6 rings (SSSR count). The summed E-state index contributed by atoms with van der Waals surface area (Å²) in [7, 11) is -5.76. The first-order valence-electron chi connectivity index (χ1n) is 15.1. The van der Waals surface area contributed by atoms with Crippen LogP contribution in [0.1, 0.15) is 62.0 Å². The monoisotopic (exact) mass is 659 g/mol. The molecule has 0 spiro atoms. The third-order valence-corrected chi connectivity index (χ3v) is 16.1. The van der Waals surface area contributed by atoms with Crippen molar-refractivity contribution in [3.63, 3.8) is 0 Å². The Morgan fingerprint density at radius 2 is 1.62 bits per heavy atom. The van der Waals surface area contributed by atoms with E-state index in [0.717, 1.165) is 9.87 Å². The van der Waals surface area contributed by atoms with Crippen molar-refractivity contribution in [2.45, 2.75) is 101 Å². The molecule has 2 fully saturated rings. The number of carbonyl (C=O) groups is 2. The molecule has 1 amide bonds. The topological polar surface area (TPSA) is 127 Å². The largest absolute Gasteiger partial charge is 0.469 e. The molecule has 1 saturated heterocycles. The first-order chi connectivity index (χ1) is 20.9. The maximum atomic E-state index is 14.6. The second-order valence-corrected chi connectivity index (χ2v) is 20.8. The van der Waals surface area contributed by atoms with Gasteiger partial charge >= 0.3 is 5.97 Å². The Hall–Kier alpha value is -2.97. The fourth-order valence-electron chi connectivity index (χ4n) is 6.66. The Morgan fingerprint density at radius 1 is 1.02 bits per heavy atom. The maximum absolute atomic E-state index is 14.6. The number of esters is 1. The van der Waals surface area contributed by atoms with E-state index < -0.39 is 72.2 Å². The van der Waals surface area contributed by atoms with Gasteiger partial charge in [-0.05, 0) is 68.7 Å². The van der Waals surface area contributed by atoms with Crippen molar-refractivity contribution < 1.29 is 46.1 Å². The van der Waals surface area contributed by atoms with E-state index in [0.29, 0.717) is 17.1 Å². The highest BCUT2D eigenvalue weighted by atomic mass is 32.2. The molecule has 0 N–H and O–H groups in total. The predicted octanol–water partition coefficient (Wildman–Crippen LogP) is 4.73. The van der Waals surface area contributed by atoms with Crippen molar-refractivity contribution in [3.8, 4) is 11.5 Å². The van der Waals surface area contributed by atoms with Crippen LogP contribution in [0.4, 0.5) is 0 Å². The van der Waals surface area contributed by atoms with E-state index in [1.165, 1.54) is 25.3 Å². The van der Waals surface area contributed by atoms with Gasteiger partial charge in [-0.2, -0.15) is 0 Å². The number of hydrogen-bond acceptors (Lipinski definition) is 10. The predicted molar refractivity (Wildman–Crippen MR) is 165 cm³/mol. The summed E-state index contributed by atoms with van der Waals surface area (Å²) in [5, 5.41) is -0.234. The molecule has 2 aromatic carbocycles. The van der Waals surface area contributed by atoms with Gasteiger partial charge in [-0.3, -0.25) is 9.59 Å². The first-order valence-corrected chi connectivity index (χ1v) is 19.4. The standard InChI is InChI=1S/C32H41NO10SSi/c1-17-10-12-18(13-11-17)44(36,37)33-25-23(19-14-21-22(40-16-39-21)15-20(19)29(33)34)24(30(35)38-7)26(43-45(8,9)31(2,3)4)28-27(25)41-32(5,6)42-28/h10-15,23-28H,16H2,1-9H3/t23-,24+,25+,26-,27-,28+/m0/s1. The van der Waals surface area contributed by atoms with E-state index in [1.807, 2.05) is 6.92 Å². The SMILES string of the molecule is COC(=O)[C@H]1[C@H](O[Si](C)(C)C(C)(C)C)[C@H]2OC(C)(C)O[C@H]2[C@H]2[C@H]1c1cc3c(cc1C(=O)N2S(=O)(=O)c1ccc(C)cc1)OCO3. The van der Waals surface area contributed by atoms with Crippen molar-refractivity contribution in [2.24, 2.45) is 5.92 Å². The molecule has 6 atom stereocenters. The quantitative estimate of drug-likeness (QED) is 0.328. The van der Waals surface area contributed by atoms with E-state index in [2.05, 4.69) is 33.9 Å². The first kappa shape index (κ1) is 32.0. The van der Waals surface area contributed by atoms with Gasteiger partial charge in [-0.1, -0.05) is 38.5 Å². The van der Waals surface area contributed by atoms with E-state index in [-0.39, 0.29) is 22.3 Å². The molecule has 0 radical (unpaired) electrons. The molecule has 3 aliphatic heterocycles. The summed E-state index contributed by atoms with van der Waals surface area (Å²) in [6.07, 6.45) is -2.73. The molecule has 0 unspecified atom stereocenters. The number of fused-ring (bicyclic) bond motifs is 6. The summed E-state index contributed by atoms with van der Waals surface area (Å²) in [6, 6.07) is 8.28. The van der Waals surface area contributed by atoms with Gasteiger partial charge in [-0.15, -0.1) is 0 Å². The van der Waals surface area contributed by atoms with Crippen LogP contribution in [0, 0.1) is 12.8 Å². The number of nitrogens with zero attached hydrogens (tertiary/aromatic N) is 1. The van der Waals surface area contributed by atoms with Crippen LogP contribution in [0.15, 0.2) is 41.3 Å². The minimum absolute atomic E-state index is 0.0563. The van der Waals surface area contributed by atoms with Crippen LogP contribution in [0.3, 0.4) is 0 Å². The van der Waals surface area contributed by atoms with Gasteiger partial charge in [0.25, 0.3) is 15.9 Å². The molecule has 3 heterocycles. The molecule has 13 heteroatoms. The second-order valence-electron chi connectivity index (χ2n) is 14.2. The minimum Gasteiger partial charge on any atom is -0.469 e. The number of hydrogen-bond donors (Lipinski definition) is 0. The van der Waals surface area contributed by atoms with E-state index >= 15 is 0 Å². The number of sulfonamides is 1. The maximum Gasteiger partial charge on any atom is 0.312 e. The normalized spacial score (nSPS) is 28.7. The number of rotatable bonds is 5. The number of carbonyl (C=O) groups excluding carboxylic acids is 2. The number of benzene rings is 2. The number of aryl methyl sites for hydroxylation is 1. The molecule has 11 nitrogen and oxygen atoms in total. The van der Waals surface area contributed by atoms with E-state index in [4.69, 9.17) is 28.1 Å². The van der Waals surface area contributed by atoms with Gasteiger partial charge in [0, 0.05) is 11.5 Å². The Morgan fingerprint density at radius 3 is 2.22 bits per heavy atom. The molecular weight excluding hydrogens is 619 g/mol. The van der Waals surface area contributed by atoms with Gasteiger partial charge in [-0.25, -0.2) is 12.7 Å². The Balaban J connectivity index is 1.63. The average Bonchev–Trinajstić information content (AvgIpc) is 3.54. The van der Waals surface area contributed by atoms with Crippen LogP contribution in [0.2, 0.25) is 18.1 Å². The zero-order valence-electron chi connectivity index (χ0n) is 27.1. The summed E-state index contributed by atoms with van der Waals surface area (Å²) in [5.74, 6) is -3.81. The minimum atomic E-state index is -4.47. The lowest BCUT2D eigenvalue weighted by molar-refractivity contribution is -0.166. The fourth-order valence-corrected chi connectivity index (χ4v) is 9.57. The van der Waals surface area contributed by atoms with Crippen LogP contribution >= 0.6 is 0 Å². The van der Waals surface area contributed by atoms with Crippen LogP contribution in [-0.2, 0) is 33.5 Å². The fraction of sp³-hybridized carbons (Fsp3) is 0.562. The zero-order chi connectivity index (χ0) is 32.9. The zero-order valence-corrected chi connectivity index (χ0v) is 28.9. The molecule has 2 aromatic rings. The molecule has 1 aliphatic carbocycles. The Bertz CT molecular complexity index is 1650. The lowest BCUT2D eigenvalue weighted by Crippen LogP contribution is -2.68. The van der Waals surface area contributed by atoms with Gasteiger partial charge < -0.3 is 28.1 Å². The number of methoxy groups -OCH3 is 1. The van der Waals surface area contributed by atoms with Gasteiger partial charge in [0.15, 0.2) is 25.6 Å². The molecule has 0 bridgehead atoms. The highest BCUT2D eigenvalue weighted by Crippen LogP contribution is 2.56. The van der Waals surface area contributed by atoms with Crippen LogP contribution in [0.25, 0.3) is 0 Å². The van der Waals surface area contributed by atoms with Gasteiger partial charge in [0.2, 0.25) is 6.79 Å². The molecule has 0 aromatic heterocycles. The Kier molecular flexibility index (Phi) is 7.48. The molecule has 45 heavy (non-hydrogen) atoms. The van der Waals surface area contributed by atoms with Crippen LogP contribution in [0.5, 0.6) is 11.5 Å². The van der Waals surface area contributed by atoms with Crippen LogP contribution < -0.4 is 9.47 Å². The van der Waals surface area contributed by atoms with Gasteiger partial charge in [0.1, 0.15) is 12.2 Å². The van der Waals surface area contributed by atoms with Crippen molar-refractivity contribution in [2.75, 3.05) is 13.9 Å². The van der Waals surface area contributed by atoms with E-state index in [9.17, 15) is 18.0 Å². The van der Waals surface area contributed by atoms with E-state index in [1.54, 1.807) is 32.0 Å². The summed E-state index contributed by atoms with van der Waals surface area (Å²) >= 11 is 0. The molecule has 1 saturated carbocycles. The second kappa shape index (κ2) is 10.5. The van der Waals surface area contributed by atoms with Crippen molar-refractivity contribution >= 4 is 30.2 Å². The van der Waals surface area contributed by atoms with Crippen molar-refractivity contribution in [3.05, 3.63) is 53.1 Å². The highest BCUT2D eigenvalue weighted by molar-refractivity contribution is 7.89. The molecule has 4 aliphatic rings. The number of ether oxygens (including phenoxy) is 5. The smallest absolute Gasteiger partial charge is 0.312 e. The van der Waals surface area contributed by atoms with Crippen LogP contribution in [-0.4, -0.2) is 77.0 Å². The summed E-state index contributed by atoms with van der Waals surface area (Å²) in [6.45, 7) is 15.7. The Labute approximate surface area is 265 Å². The highest BCUT2D eigenvalue weighted by Gasteiger charge is 2.67. The summed E-state index contributed by atoms with van der Waals surface area (Å²) in [4.78, 5) is 28.5. The molecular formula is C32H41NO10SSi. The number of amides is 1. The lowest BCUT2D eigenvalue weighted by atomic mass is 9.65. The summed E-state index contributed by atoms with van der Waals surface area (Å²) < 4.78 is 66.7. The third-order valence-electron chi connectivity index (χ3n) is 9.83. The van der Waals surface area contributed by atoms with Crippen molar-refractivity contribution in [1.82, 2.24) is 4.31 Å².